The second-order valence-electron chi connectivity index (χ2n) is 0.332. The first-order chi connectivity index (χ1) is 1.91. The summed E-state index contributed by atoms with van der Waals surface area (Å²) in [5.74, 6) is 0. The zero-order valence-electron chi connectivity index (χ0n) is 2.39. The first kappa shape index (κ1) is 3.66. The van der Waals surface area contributed by atoms with Gasteiger partial charge in [-0.1, -0.05) is 0 Å². The third-order valence-corrected chi connectivity index (χ3v) is 0.0962. The summed E-state index contributed by atoms with van der Waals surface area (Å²) in [6, 6.07) is 0. The number of hydrogen-bond acceptors (Lipinski definition) is 2. The number of hydrogen-bond donors (Lipinski definition) is 0. The second-order valence-corrected chi connectivity index (χ2v) is 0.332. The van der Waals surface area contributed by atoms with Crippen LogP contribution in [0.3, 0.4) is 0 Å². The van der Waals surface area contributed by atoms with E-state index in [-0.39, 0.29) is 0 Å². The summed E-state index contributed by atoms with van der Waals surface area (Å²) in [5.41, 5.74) is 0. The summed E-state index contributed by atoms with van der Waals surface area (Å²) in [7, 11) is 1.69. The van der Waals surface area contributed by atoms with Gasteiger partial charge in [-0.15, -0.1) is 0 Å². The second kappa shape index (κ2) is 2.66. The normalized spacial score (nSPS) is 4.25. The summed E-state index contributed by atoms with van der Waals surface area (Å²) in [5, 5.41) is 0. The van der Waals surface area contributed by atoms with Crippen molar-refractivity contribution in [1.29, 1.82) is 0 Å². The molecule has 3 heteroatoms. The predicted molar refractivity (Wildman–Crippen MR) is 13.4 cm³/mol. The summed E-state index contributed by atoms with van der Waals surface area (Å²) in [6.07, 6.45) is 0. The summed E-state index contributed by atoms with van der Waals surface area (Å²) in [4.78, 5) is 0. The minimum atomic E-state index is 0.375. The van der Waals surface area contributed by atoms with E-state index in [1.807, 2.05) is 0 Å². The number of rotatable bonds is 1. The maximum absolute atomic E-state index is 8.95. The molecular weight excluding hydrogens is 54.8 g/mol. The molecule has 0 heterocycles. The van der Waals surface area contributed by atoms with Crippen molar-refractivity contribution in [3.05, 3.63) is 0 Å². The van der Waals surface area contributed by atoms with Gasteiger partial charge in [-0.3, -0.25) is 0 Å². The fourth-order valence-corrected chi connectivity index (χ4v) is 0. The molecule has 0 unspecified atom stereocenters. The van der Waals surface area contributed by atoms with Crippen LogP contribution in [0.4, 0.5) is 0 Å². The van der Waals surface area contributed by atoms with Crippen molar-refractivity contribution < 1.29 is 9.36 Å². The Labute approximate surface area is 25.1 Å². The van der Waals surface area contributed by atoms with Crippen molar-refractivity contribution in [3.8, 4) is 0 Å². The molecule has 0 spiro atoms. The molecule has 0 aliphatic rings. The molecule has 0 bridgehead atoms. The molecule has 0 aromatic heterocycles. The summed E-state index contributed by atoms with van der Waals surface area (Å²) < 4.78 is 12.8. The average Bonchev–Trinajstić information content (AvgIpc) is 1.37. The molecule has 0 N–H and O–H groups in total. The van der Waals surface area contributed by atoms with Crippen LogP contribution in [0.1, 0.15) is 0 Å². The van der Waals surface area contributed by atoms with E-state index in [0.29, 0.717) is 7.35 Å². The zero-order chi connectivity index (χ0) is 3.41. The Hall–Kier alpha value is -0.335. The first-order valence-corrected chi connectivity index (χ1v) is 0.880. The molecule has 0 fully saturated rings. The Morgan fingerprint density at radius 3 is 2.25 bits per heavy atom. The van der Waals surface area contributed by atoms with Gasteiger partial charge in [0, 0.05) is 0 Å². The van der Waals surface area contributed by atoms with Gasteiger partial charge >= 0.3 is 23.8 Å². The van der Waals surface area contributed by atoms with Crippen LogP contribution in [-0.2, 0) is 9.36 Å². The van der Waals surface area contributed by atoms with Crippen molar-refractivity contribution in [2.75, 3.05) is 7.11 Å². The SMILES string of the molecule is COB=O. The van der Waals surface area contributed by atoms with Gasteiger partial charge in [-0.2, -0.15) is 0 Å². The van der Waals surface area contributed by atoms with Crippen molar-refractivity contribution in [3.63, 3.8) is 0 Å². The topological polar surface area (TPSA) is 26.3 Å². The van der Waals surface area contributed by atoms with Crippen LogP contribution < -0.4 is 0 Å². The van der Waals surface area contributed by atoms with Crippen LogP contribution in [0, 0.1) is 0 Å². The molecule has 0 saturated carbocycles. The quantitative estimate of drug-likeness (QED) is 0.383. The van der Waals surface area contributed by atoms with Gasteiger partial charge in [0.05, 0.1) is 0 Å². The minimum absolute atomic E-state index is 0.375. The van der Waals surface area contributed by atoms with Gasteiger partial charge in [0.1, 0.15) is 0 Å². The van der Waals surface area contributed by atoms with E-state index in [0.717, 1.165) is 0 Å². The fourth-order valence-electron chi connectivity index (χ4n) is 0. The molecule has 0 aliphatic heterocycles. The van der Waals surface area contributed by atoms with Crippen molar-refractivity contribution in [2.24, 2.45) is 0 Å². The molecule has 4 heavy (non-hydrogen) atoms. The molecule has 0 rings (SSSR count). The van der Waals surface area contributed by atoms with Gasteiger partial charge in [0.25, 0.3) is 0 Å². The van der Waals surface area contributed by atoms with Crippen LogP contribution >= 0.6 is 0 Å². The van der Waals surface area contributed by atoms with E-state index in [1.165, 1.54) is 7.11 Å². The summed E-state index contributed by atoms with van der Waals surface area (Å²) in [6.45, 7) is 0. The molecule has 2 nitrogen and oxygen atoms in total. The van der Waals surface area contributed by atoms with Gasteiger partial charge < -0.3 is 0 Å². The molecule has 22 valence electrons. The van der Waals surface area contributed by atoms with Crippen LogP contribution in [-0.4, -0.2) is 14.5 Å². The van der Waals surface area contributed by atoms with E-state index in [9.17, 15) is 0 Å². The van der Waals surface area contributed by atoms with Crippen molar-refractivity contribution in [1.82, 2.24) is 0 Å². The molecule has 0 saturated heterocycles. The molecule has 0 radical (unpaired) electrons. The molecule has 0 amide bonds. The van der Waals surface area contributed by atoms with E-state index < -0.39 is 0 Å². The van der Waals surface area contributed by atoms with Crippen LogP contribution in [0.5, 0.6) is 0 Å². The molecule has 0 aromatic carbocycles. The molecular formula is CH3BO2. The van der Waals surface area contributed by atoms with Crippen molar-refractivity contribution >= 4 is 7.35 Å². The Bertz CT molecular complexity index is 20.0. The Morgan fingerprint density at radius 2 is 2.25 bits per heavy atom. The maximum atomic E-state index is 8.95. The third kappa shape index (κ3) is 1.66. The molecule has 0 aromatic rings. The Morgan fingerprint density at radius 1 is 2.00 bits per heavy atom. The molecule has 0 aliphatic carbocycles. The fraction of sp³-hybridized carbons (Fsp3) is 1.00. The third-order valence-electron chi connectivity index (χ3n) is 0.0962. The summed E-state index contributed by atoms with van der Waals surface area (Å²) >= 11 is 0. The van der Waals surface area contributed by atoms with Crippen molar-refractivity contribution in [2.45, 2.75) is 0 Å². The Kier molecular flexibility index (Phi) is 2.44. The van der Waals surface area contributed by atoms with E-state index in [1.54, 1.807) is 0 Å². The van der Waals surface area contributed by atoms with Gasteiger partial charge in [0.15, 0.2) is 0 Å². The van der Waals surface area contributed by atoms with Gasteiger partial charge in [-0.05, 0) is 0 Å². The Balaban J connectivity index is 2.30. The zero-order valence-corrected chi connectivity index (χ0v) is 2.39. The van der Waals surface area contributed by atoms with Crippen LogP contribution in [0.15, 0.2) is 0 Å². The average molecular weight is 57.8 g/mol. The van der Waals surface area contributed by atoms with E-state index in [2.05, 4.69) is 4.65 Å². The van der Waals surface area contributed by atoms with Crippen LogP contribution in [0.2, 0.25) is 0 Å². The standard InChI is InChI=1S/CH3BO2/c1-4-2-3/h1H3. The first-order valence-electron chi connectivity index (χ1n) is 0.880. The van der Waals surface area contributed by atoms with Gasteiger partial charge in [-0.25, -0.2) is 0 Å². The predicted octanol–water partition coefficient (Wildman–Crippen LogP) is -0.403. The molecule has 0 atom stereocenters. The van der Waals surface area contributed by atoms with E-state index in [4.69, 9.17) is 4.70 Å². The monoisotopic (exact) mass is 58.0 g/mol. The van der Waals surface area contributed by atoms with E-state index >= 15 is 0 Å². The van der Waals surface area contributed by atoms with Crippen LogP contribution in [0.25, 0.3) is 0 Å². The van der Waals surface area contributed by atoms with Gasteiger partial charge in [0.2, 0.25) is 0 Å².